The number of esters is 1. The summed E-state index contributed by atoms with van der Waals surface area (Å²) in [7, 11) is 1.34. The van der Waals surface area contributed by atoms with Crippen LogP contribution in [-0.4, -0.2) is 18.2 Å². The summed E-state index contributed by atoms with van der Waals surface area (Å²) >= 11 is 5.89. The molecule has 0 unspecified atom stereocenters. The summed E-state index contributed by atoms with van der Waals surface area (Å²) in [5.74, 6) is -0.263. The van der Waals surface area contributed by atoms with E-state index in [1.165, 1.54) is 13.2 Å². The van der Waals surface area contributed by atoms with Crippen molar-refractivity contribution in [3.63, 3.8) is 0 Å². The first-order chi connectivity index (χ1) is 9.61. The monoisotopic (exact) mass is 291 g/mol. The number of phenols is 1. The highest BCUT2D eigenvalue weighted by Gasteiger charge is 2.11. The number of phenolic OH excluding ortho intramolecular Hbond substituents is 1. The van der Waals surface area contributed by atoms with Crippen LogP contribution in [-0.2, 0) is 11.3 Å². The Morgan fingerprint density at radius 1 is 1.30 bits per heavy atom. The number of hydrogen-bond acceptors (Lipinski definition) is 4. The van der Waals surface area contributed by atoms with E-state index in [2.05, 4.69) is 5.32 Å². The quantitative estimate of drug-likeness (QED) is 0.847. The van der Waals surface area contributed by atoms with Crippen molar-refractivity contribution in [2.45, 2.75) is 6.54 Å². The highest BCUT2D eigenvalue weighted by Crippen LogP contribution is 2.23. The number of carbonyl (C=O) groups is 1. The first-order valence-electron chi connectivity index (χ1n) is 6.00. The maximum Gasteiger partial charge on any atom is 0.339 e. The van der Waals surface area contributed by atoms with E-state index in [9.17, 15) is 9.90 Å². The smallest absolute Gasteiger partial charge is 0.339 e. The maximum atomic E-state index is 11.6. The first kappa shape index (κ1) is 14.2. The van der Waals surface area contributed by atoms with Gasteiger partial charge < -0.3 is 15.2 Å². The second-order valence-corrected chi connectivity index (χ2v) is 4.60. The molecule has 0 saturated heterocycles. The molecule has 0 heterocycles. The Balaban J connectivity index is 2.19. The maximum absolute atomic E-state index is 11.6. The standard InChI is InChI=1S/C15H14ClNO3/c1-20-15(19)12-4-2-3-5-13(12)17-9-10-8-11(16)6-7-14(10)18/h2-8,17-18H,9H2,1H3. The Bertz CT molecular complexity index is 628. The van der Waals surface area contributed by atoms with Crippen molar-refractivity contribution in [3.8, 4) is 5.75 Å². The number of para-hydroxylation sites is 1. The van der Waals surface area contributed by atoms with E-state index in [0.717, 1.165) is 0 Å². The van der Waals surface area contributed by atoms with Crippen molar-refractivity contribution in [3.05, 3.63) is 58.6 Å². The number of benzene rings is 2. The third-order valence-electron chi connectivity index (χ3n) is 2.84. The van der Waals surface area contributed by atoms with E-state index in [4.69, 9.17) is 16.3 Å². The Hall–Kier alpha value is -2.20. The van der Waals surface area contributed by atoms with Gasteiger partial charge in [0.2, 0.25) is 0 Å². The normalized spacial score (nSPS) is 10.1. The molecular weight excluding hydrogens is 278 g/mol. The summed E-state index contributed by atoms with van der Waals surface area (Å²) in [4.78, 5) is 11.6. The minimum atomic E-state index is -0.414. The molecule has 20 heavy (non-hydrogen) atoms. The lowest BCUT2D eigenvalue weighted by Gasteiger charge is -2.11. The predicted octanol–water partition coefficient (Wildman–Crippen LogP) is 3.44. The largest absolute Gasteiger partial charge is 0.508 e. The van der Waals surface area contributed by atoms with E-state index in [-0.39, 0.29) is 5.75 Å². The highest BCUT2D eigenvalue weighted by molar-refractivity contribution is 6.30. The van der Waals surface area contributed by atoms with E-state index in [0.29, 0.717) is 28.4 Å². The highest BCUT2D eigenvalue weighted by atomic mass is 35.5. The molecular formula is C15H14ClNO3. The van der Waals surface area contributed by atoms with Crippen LogP contribution in [0, 0.1) is 0 Å². The van der Waals surface area contributed by atoms with Gasteiger partial charge in [-0.15, -0.1) is 0 Å². The van der Waals surface area contributed by atoms with E-state index in [1.807, 2.05) is 6.07 Å². The lowest BCUT2D eigenvalue weighted by Crippen LogP contribution is -2.08. The van der Waals surface area contributed by atoms with Gasteiger partial charge in [0, 0.05) is 22.8 Å². The van der Waals surface area contributed by atoms with Gasteiger partial charge in [0.05, 0.1) is 12.7 Å². The third kappa shape index (κ3) is 3.22. The van der Waals surface area contributed by atoms with Gasteiger partial charge in [0.15, 0.2) is 0 Å². The fourth-order valence-electron chi connectivity index (χ4n) is 1.81. The molecule has 5 heteroatoms. The molecule has 0 amide bonds. The molecule has 0 atom stereocenters. The number of hydrogen-bond donors (Lipinski definition) is 2. The van der Waals surface area contributed by atoms with Gasteiger partial charge in [-0.2, -0.15) is 0 Å². The molecule has 0 aliphatic rings. The van der Waals surface area contributed by atoms with Crippen molar-refractivity contribution in [1.82, 2.24) is 0 Å². The molecule has 4 nitrogen and oxygen atoms in total. The van der Waals surface area contributed by atoms with Gasteiger partial charge in [0.25, 0.3) is 0 Å². The Morgan fingerprint density at radius 2 is 2.05 bits per heavy atom. The van der Waals surface area contributed by atoms with Crippen LogP contribution in [0.4, 0.5) is 5.69 Å². The minimum absolute atomic E-state index is 0.150. The number of carbonyl (C=O) groups excluding carboxylic acids is 1. The lowest BCUT2D eigenvalue weighted by atomic mass is 10.1. The zero-order valence-electron chi connectivity index (χ0n) is 10.9. The van der Waals surface area contributed by atoms with Crippen LogP contribution in [0.1, 0.15) is 15.9 Å². The summed E-state index contributed by atoms with van der Waals surface area (Å²) in [5, 5.41) is 13.4. The van der Waals surface area contributed by atoms with Gasteiger partial charge in [-0.25, -0.2) is 4.79 Å². The summed E-state index contributed by atoms with van der Waals surface area (Å²) in [6.45, 7) is 0.348. The number of ether oxygens (including phenoxy) is 1. The minimum Gasteiger partial charge on any atom is -0.508 e. The molecule has 0 spiro atoms. The topological polar surface area (TPSA) is 58.6 Å². The van der Waals surface area contributed by atoms with Gasteiger partial charge in [-0.1, -0.05) is 23.7 Å². The van der Waals surface area contributed by atoms with Crippen LogP contribution < -0.4 is 5.32 Å². The molecule has 0 bridgehead atoms. The van der Waals surface area contributed by atoms with Gasteiger partial charge in [-0.05, 0) is 30.3 Å². The second-order valence-electron chi connectivity index (χ2n) is 4.16. The van der Waals surface area contributed by atoms with Crippen LogP contribution in [0.15, 0.2) is 42.5 Å². The molecule has 2 aromatic rings. The van der Waals surface area contributed by atoms with E-state index < -0.39 is 5.97 Å². The molecule has 0 radical (unpaired) electrons. The summed E-state index contributed by atoms with van der Waals surface area (Å²) in [6.07, 6.45) is 0. The average molecular weight is 292 g/mol. The first-order valence-corrected chi connectivity index (χ1v) is 6.38. The van der Waals surface area contributed by atoms with Crippen LogP contribution in [0.25, 0.3) is 0 Å². The molecule has 0 aromatic heterocycles. The van der Waals surface area contributed by atoms with Gasteiger partial charge in [-0.3, -0.25) is 0 Å². The molecule has 104 valence electrons. The van der Waals surface area contributed by atoms with Crippen LogP contribution in [0.3, 0.4) is 0 Å². The van der Waals surface area contributed by atoms with E-state index >= 15 is 0 Å². The molecule has 2 rings (SSSR count). The second kappa shape index (κ2) is 6.30. The molecule has 2 aromatic carbocycles. The van der Waals surface area contributed by atoms with Crippen molar-refractivity contribution >= 4 is 23.3 Å². The third-order valence-corrected chi connectivity index (χ3v) is 3.08. The summed E-state index contributed by atoms with van der Waals surface area (Å²) in [6, 6.07) is 11.8. The fourth-order valence-corrected chi connectivity index (χ4v) is 2.01. The van der Waals surface area contributed by atoms with Gasteiger partial charge in [0.1, 0.15) is 5.75 Å². The molecule has 0 fully saturated rings. The Kier molecular flexibility index (Phi) is 4.48. The number of aromatic hydroxyl groups is 1. The average Bonchev–Trinajstić information content (AvgIpc) is 2.47. The van der Waals surface area contributed by atoms with Crippen molar-refractivity contribution in [2.75, 3.05) is 12.4 Å². The van der Waals surface area contributed by atoms with Gasteiger partial charge >= 0.3 is 5.97 Å². The predicted molar refractivity (Wildman–Crippen MR) is 78.2 cm³/mol. The SMILES string of the molecule is COC(=O)c1ccccc1NCc1cc(Cl)ccc1O. The molecule has 0 aliphatic carbocycles. The number of rotatable bonds is 4. The van der Waals surface area contributed by atoms with Crippen LogP contribution in [0.2, 0.25) is 5.02 Å². The number of nitrogens with one attached hydrogen (secondary N) is 1. The molecule has 0 saturated carbocycles. The van der Waals surface area contributed by atoms with Crippen molar-refractivity contribution < 1.29 is 14.6 Å². The summed E-state index contributed by atoms with van der Waals surface area (Å²) < 4.78 is 4.72. The summed E-state index contributed by atoms with van der Waals surface area (Å²) in [5.41, 5.74) is 1.73. The number of methoxy groups -OCH3 is 1. The van der Waals surface area contributed by atoms with Crippen molar-refractivity contribution in [1.29, 1.82) is 0 Å². The Morgan fingerprint density at radius 3 is 2.80 bits per heavy atom. The molecule has 2 N–H and O–H groups in total. The lowest BCUT2D eigenvalue weighted by molar-refractivity contribution is 0.0602. The molecule has 0 aliphatic heterocycles. The number of halogens is 1. The zero-order chi connectivity index (χ0) is 14.5. The fraction of sp³-hybridized carbons (Fsp3) is 0.133. The van der Waals surface area contributed by atoms with Crippen LogP contribution in [0.5, 0.6) is 5.75 Å². The zero-order valence-corrected chi connectivity index (χ0v) is 11.6. The Labute approximate surface area is 122 Å². The number of anilines is 1. The van der Waals surface area contributed by atoms with Crippen LogP contribution >= 0.6 is 11.6 Å². The van der Waals surface area contributed by atoms with E-state index in [1.54, 1.807) is 30.3 Å². The van der Waals surface area contributed by atoms with Crippen molar-refractivity contribution in [2.24, 2.45) is 0 Å².